The van der Waals surface area contributed by atoms with Crippen LogP contribution in [0.25, 0.3) is 0 Å². The molecule has 0 saturated carbocycles. The molecule has 0 aliphatic heterocycles. The monoisotopic (exact) mass is 300 g/mol. The van der Waals surface area contributed by atoms with Gasteiger partial charge in [0.05, 0.1) is 12.2 Å². The number of halogens is 1. The number of aliphatic imine (C=N–C) groups is 1. The fourth-order valence-corrected chi connectivity index (χ4v) is 2.11. The number of guanidine groups is 1. The van der Waals surface area contributed by atoms with E-state index in [1.807, 2.05) is 25.1 Å². The third-order valence-electron chi connectivity index (χ3n) is 3.36. The van der Waals surface area contributed by atoms with E-state index in [1.165, 1.54) is 6.07 Å². The number of aryl methyl sites for hydroxylation is 1. The van der Waals surface area contributed by atoms with Crippen molar-refractivity contribution >= 4 is 5.96 Å². The van der Waals surface area contributed by atoms with Crippen LogP contribution in [0.1, 0.15) is 16.8 Å². The average molecular weight is 300 g/mol. The second kappa shape index (κ2) is 8.12. The summed E-state index contributed by atoms with van der Waals surface area (Å²) in [5.41, 5.74) is 3.10. The largest absolute Gasteiger partial charge is 0.356 e. The number of rotatable bonds is 5. The molecule has 2 rings (SSSR count). The molecule has 0 fully saturated rings. The van der Waals surface area contributed by atoms with Gasteiger partial charge in [0.2, 0.25) is 0 Å². The molecule has 0 aliphatic rings. The van der Waals surface area contributed by atoms with Gasteiger partial charge in [-0.05, 0) is 42.7 Å². The molecule has 116 valence electrons. The lowest BCUT2D eigenvalue weighted by atomic mass is 10.1. The van der Waals surface area contributed by atoms with Crippen LogP contribution in [-0.2, 0) is 13.0 Å². The molecule has 22 heavy (non-hydrogen) atoms. The van der Waals surface area contributed by atoms with Gasteiger partial charge in [0.25, 0.3) is 0 Å². The number of nitrogens with zero attached hydrogens (tertiary/aromatic N) is 2. The van der Waals surface area contributed by atoms with Crippen molar-refractivity contribution in [2.24, 2.45) is 4.99 Å². The highest BCUT2D eigenvalue weighted by atomic mass is 19.1. The van der Waals surface area contributed by atoms with E-state index in [0.717, 1.165) is 23.2 Å². The standard InChI is InChI=1S/C17H21FN4/c1-13-5-4-9-20-16(13)12-22-17(19-2)21-10-8-14-6-3-7-15(18)11-14/h3-7,9,11H,8,10,12H2,1-2H3,(H2,19,21,22). The minimum absolute atomic E-state index is 0.203. The zero-order valence-electron chi connectivity index (χ0n) is 12.9. The molecule has 0 saturated heterocycles. The highest BCUT2D eigenvalue weighted by molar-refractivity contribution is 5.79. The third kappa shape index (κ3) is 4.84. The molecule has 0 aliphatic carbocycles. The summed E-state index contributed by atoms with van der Waals surface area (Å²) in [4.78, 5) is 8.51. The summed E-state index contributed by atoms with van der Waals surface area (Å²) >= 11 is 0. The second-order valence-corrected chi connectivity index (χ2v) is 5.00. The van der Waals surface area contributed by atoms with E-state index < -0.39 is 0 Å². The Morgan fingerprint density at radius 1 is 1.23 bits per heavy atom. The molecule has 0 spiro atoms. The topological polar surface area (TPSA) is 49.3 Å². The molecule has 1 aromatic heterocycles. The van der Waals surface area contributed by atoms with Gasteiger partial charge in [-0.25, -0.2) is 4.39 Å². The molecule has 0 unspecified atom stereocenters. The summed E-state index contributed by atoms with van der Waals surface area (Å²) < 4.78 is 13.1. The van der Waals surface area contributed by atoms with E-state index in [0.29, 0.717) is 19.0 Å². The molecular formula is C17H21FN4. The van der Waals surface area contributed by atoms with Crippen molar-refractivity contribution in [3.8, 4) is 0 Å². The quantitative estimate of drug-likeness (QED) is 0.658. The van der Waals surface area contributed by atoms with E-state index in [4.69, 9.17) is 0 Å². The molecule has 5 heteroatoms. The summed E-state index contributed by atoms with van der Waals surface area (Å²) in [5.74, 6) is 0.507. The minimum atomic E-state index is -0.203. The molecule has 1 aromatic carbocycles. The Morgan fingerprint density at radius 2 is 2.09 bits per heavy atom. The Bertz CT molecular complexity index is 640. The second-order valence-electron chi connectivity index (χ2n) is 5.00. The van der Waals surface area contributed by atoms with Crippen molar-refractivity contribution in [2.75, 3.05) is 13.6 Å². The first-order valence-electron chi connectivity index (χ1n) is 7.28. The third-order valence-corrected chi connectivity index (χ3v) is 3.36. The fourth-order valence-electron chi connectivity index (χ4n) is 2.11. The van der Waals surface area contributed by atoms with Gasteiger partial charge in [-0.15, -0.1) is 0 Å². The van der Waals surface area contributed by atoms with Crippen molar-refractivity contribution in [3.63, 3.8) is 0 Å². The Balaban J connectivity index is 1.79. The number of pyridine rings is 1. The van der Waals surface area contributed by atoms with E-state index in [2.05, 4.69) is 20.6 Å². The van der Waals surface area contributed by atoms with Crippen molar-refractivity contribution in [2.45, 2.75) is 19.9 Å². The first-order valence-corrected chi connectivity index (χ1v) is 7.28. The lowest BCUT2D eigenvalue weighted by Gasteiger charge is -2.12. The summed E-state index contributed by atoms with van der Waals surface area (Å²) in [7, 11) is 1.72. The number of benzene rings is 1. The highest BCUT2D eigenvalue weighted by Gasteiger charge is 2.02. The van der Waals surface area contributed by atoms with Crippen LogP contribution in [0.15, 0.2) is 47.6 Å². The fraction of sp³-hybridized carbons (Fsp3) is 0.294. The van der Waals surface area contributed by atoms with E-state index in [9.17, 15) is 4.39 Å². The number of hydrogen-bond acceptors (Lipinski definition) is 2. The van der Waals surface area contributed by atoms with Gasteiger partial charge in [0.1, 0.15) is 5.82 Å². The molecule has 0 amide bonds. The summed E-state index contributed by atoms with van der Waals surface area (Å²) in [6, 6.07) is 10.6. The van der Waals surface area contributed by atoms with Gasteiger partial charge < -0.3 is 10.6 Å². The van der Waals surface area contributed by atoms with Crippen molar-refractivity contribution in [3.05, 3.63) is 65.2 Å². The van der Waals surface area contributed by atoms with E-state index in [-0.39, 0.29) is 5.82 Å². The molecule has 0 bridgehead atoms. The first-order chi connectivity index (χ1) is 10.7. The van der Waals surface area contributed by atoms with Crippen molar-refractivity contribution < 1.29 is 4.39 Å². The highest BCUT2D eigenvalue weighted by Crippen LogP contribution is 2.04. The average Bonchev–Trinajstić information content (AvgIpc) is 2.52. The van der Waals surface area contributed by atoms with E-state index in [1.54, 1.807) is 25.4 Å². The predicted molar refractivity (Wildman–Crippen MR) is 87.3 cm³/mol. The Hall–Kier alpha value is -2.43. The van der Waals surface area contributed by atoms with Crippen LogP contribution in [0.4, 0.5) is 4.39 Å². The first kappa shape index (κ1) is 15.9. The van der Waals surface area contributed by atoms with Gasteiger partial charge in [0, 0.05) is 19.8 Å². The van der Waals surface area contributed by atoms with Crippen LogP contribution < -0.4 is 10.6 Å². The molecule has 0 radical (unpaired) electrons. The zero-order chi connectivity index (χ0) is 15.8. The van der Waals surface area contributed by atoms with Gasteiger partial charge in [0.15, 0.2) is 5.96 Å². The Labute approximate surface area is 130 Å². The minimum Gasteiger partial charge on any atom is -0.356 e. The van der Waals surface area contributed by atoms with Crippen LogP contribution in [0.5, 0.6) is 0 Å². The zero-order valence-corrected chi connectivity index (χ0v) is 12.9. The lowest BCUT2D eigenvalue weighted by Crippen LogP contribution is -2.38. The number of aromatic nitrogens is 1. The SMILES string of the molecule is CN=C(NCCc1cccc(F)c1)NCc1ncccc1C. The maximum atomic E-state index is 13.1. The maximum absolute atomic E-state index is 13.1. The van der Waals surface area contributed by atoms with Gasteiger partial charge in [-0.2, -0.15) is 0 Å². The number of hydrogen-bond donors (Lipinski definition) is 2. The smallest absolute Gasteiger partial charge is 0.191 e. The Kier molecular flexibility index (Phi) is 5.89. The predicted octanol–water partition coefficient (Wildman–Crippen LogP) is 2.44. The molecule has 1 heterocycles. The lowest BCUT2D eigenvalue weighted by molar-refractivity contribution is 0.625. The summed E-state index contributed by atoms with van der Waals surface area (Å²) in [6.45, 7) is 3.33. The number of nitrogens with one attached hydrogen (secondary N) is 2. The Morgan fingerprint density at radius 3 is 2.82 bits per heavy atom. The summed E-state index contributed by atoms with van der Waals surface area (Å²) in [6.07, 6.45) is 2.52. The molecular weight excluding hydrogens is 279 g/mol. The molecule has 4 nitrogen and oxygen atoms in total. The van der Waals surface area contributed by atoms with Gasteiger partial charge in [-0.3, -0.25) is 9.98 Å². The van der Waals surface area contributed by atoms with Crippen molar-refractivity contribution in [1.82, 2.24) is 15.6 Å². The van der Waals surface area contributed by atoms with E-state index >= 15 is 0 Å². The van der Waals surface area contributed by atoms with Gasteiger partial charge in [-0.1, -0.05) is 18.2 Å². The van der Waals surface area contributed by atoms with Crippen LogP contribution >= 0.6 is 0 Å². The van der Waals surface area contributed by atoms with Crippen LogP contribution in [-0.4, -0.2) is 24.5 Å². The van der Waals surface area contributed by atoms with Crippen LogP contribution in [0, 0.1) is 12.7 Å². The van der Waals surface area contributed by atoms with Crippen molar-refractivity contribution in [1.29, 1.82) is 0 Å². The molecule has 2 N–H and O–H groups in total. The normalized spacial score (nSPS) is 11.3. The molecule has 2 aromatic rings. The summed E-state index contributed by atoms with van der Waals surface area (Å²) in [5, 5.41) is 6.44. The van der Waals surface area contributed by atoms with Crippen LogP contribution in [0.2, 0.25) is 0 Å². The maximum Gasteiger partial charge on any atom is 0.191 e. The van der Waals surface area contributed by atoms with Crippen LogP contribution in [0.3, 0.4) is 0 Å². The van der Waals surface area contributed by atoms with Gasteiger partial charge >= 0.3 is 0 Å². The molecule has 0 atom stereocenters.